The van der Waals surface area contributed by atoms with Gasteiger partial charge in [-0.1, -0.05) is 12.1 Å². The van der Waals surface area contributed by atoms with Crippen molar-refractivity contribution in [1.82, 2.24) is 10.2 Å². The molecule has 0 aliphatic carbocycles. The van der Waals surface area contributed by atoms with E-state index in [4.69, 9.17) is 4.42 Å². The Labute approximate surface area is 145 Å². The van der Waals surface area contributed by atoms with Crippen LogP contribution >= 0.6 is 0 Å². The number of halogens is 1. The fourth-order valence-corrected chi connectivity index (χ4v) is 2.98. The molecule has 1 aliphatic heterocycles. The highest BCUT2D eigenvalue weighted by molar-refractivity contribution is 5.99. The smallest absolute Gasteiger partial charge is 0.244 e. The molecule has 1 unspecified atom stereocenters. The highest BCUT2D eigenvalue weighted by atomic mass is 19.1. The number of nitrogens with one attached hydrogen (secondary N) is 1. The first-order valence-corrected chi connectivity index (χ1v) is 8.11. The molecule has 0 saturated carbocycles. The summed E-state index contributed by atoms with van der Waals surface area (Å²) in [7, 11) is 1.72. The molecule has 2 aromatic rings. The second-order valence-electron chi connectivity index (χ2n) is 6.02. The lowest BCUT2D eigenvalue weighted by molar-refractivity contribution is -0.125. The summed E-state index contributed by atoms with van der Waals surface area (Å²) in [6, 6.07) is 9.30. The molecule has 25 heavy (non-hydrogen) atoms. The number of hydrogen-bond acceptors (Lipinski definition) is 4. The van der Waals surface area contributed by atoms with Crippen molar-refractivity contribution in [3.8, 4) is 0 Å². The lowest BCUT2D eigenvalue weighted by atomic mass is 10.2. The van der Waals surface area contributed by atoms with Crippen LogP contribution in [0.25, 0.3) is 0 Å². The van der Waals surface area contributed by atoms with Gasteiger partial charge in [-0.2, -0.15) is 0 Å². The van der Waals surface area contributed by atoms with Crippen LogP contribution in [-0.2, 0) is 16.1 Å². The summed E-state index contributed by atoms with van der Waals surface area (Å²) in [5.74, 6) is -0.142. The molecule has 6 nitrogen and oxygen atoms in total. The van der Waals surface area contributed by atoms with Crippen LogP contribution in [0.2, 0.25) is 0 Å². The molecule has 2 heterocycles. The highest BCUT2D eigenvalue weighted by Crippen LogP contribution is 2.26. The minimum absolute atomic E-state index is 0.0855. The van der Waals surface area contributed by atoms with E-state index in [0.29, 0.717) is 25.3 Å². The molecule has 1 N–H and O–H groups in total. The fraction of sp³-hybridized carbons (Fsp3) is 0.333. The molecule has 3 rings (SSSR count). The predicted molar refractivity (Wildman–Crippen MR) is 90.3 cm³/mol. The molecule has 1 fully saturated rings. The van der Waals surface area contributed by atoms with Crippen molar-refractivity contribution in [2.24, 2.45) is 0 Å². The topological polar surface area (TPSA) is 65.8 Å². The zero-order valence-electron chi connectivity index (χ0n) is 13.9. The van der Waals surface area contributed by atoms with Gasteiger partial charge in [0.1, 0.15) is 11.6 Å². The summed E-state index contributed by atoms with van der Waals surface area (Å²) < 4.78 is 19.1. The zero-order chi connectivity index (χ0) is 17.8. The van der Waals surface area contributed by atoms with E-state index in [2.05, 4.69) is 5.32 Å². The van der Waals surface area contributed by atoms with Gasteiger partial charge in [-0.05, 0) is 37.7 Å². The monoisotopic (exact) mass is 345 g/mol. The summed E-state index contributed by atoms with van der Waals surface area (Å²) in [4.78, 5) is 27.8. The van der Waals surface area contributed by atoms with Gasteiger partial charge in [0.25, 0.3) is 0 Å². The number of likely N-dealkylation sites (N-methyl/N-ethyl adjacent to an activating group) is 1. The molecule has 0 radical (unpaired) electrons. The largest absolute Gasteiger partial charge is 0.467 e. The Morgan fingerprint density at radius 3 is 2.88 bits per heavy atom. The summed E-state index contributed by atoms with van der Waals surface area (Å²) in [5.41, 5.74) is 0.283. The minimum Gasteiger partial charge on any atom is -0.467 e. The Morgan fingerprint density at radius 2 is 2.16 bits per heavy atom. The molecule has 1 saturated heterocycles. The van der Waals surface area contributed by atoms with Gasteiger partial charge < -0.3 is 14.6 Å². The molecule has 1 atom stereocenters. The Balaban J connectivity index is 1.56. The average Bonchev–Trinajstić information content (AvgIpc) is 3.23. The normalized spacial score (nSPS) is 17.3. The standard InChI is InChI=1S/C18H20FN3O3/c1-21(12-17(23)20-11-13-5-4-10-25-13)16-8-9-22(18(16)24)15-7-3-2-6-14(15)19/h2-7,10,16H,8-9,11-12H2,1H3,(H,20,23). The van der Waals surface area contributed by atoms with Gasteiger partial charge in [-0.15, -0.1) is 0 Å². The third kappa shape index (κ3) is 3.88. The van der Waals surface area contributed by atoms with Crippen molar-refractivity contribution in [2.45, 2.75) is 19.0 Å². The first kappa shape index (κ1) is 17.2. The van der Waals surface area contributed by atoms with Crippen molar-refractivity contribution in [3.63, 3.8) is 0 Å². The van der Waals surface area contributed by atoms with Gasteiger partial charge in [-0.3, -0.25) is 14.5 Å². The van der Waals surface area contributed by atoms with Crippen molar-refractivity contribution in [2.75, 3.05) is 25.0 Å². The van der Waals surface area contributed by atoms with Crippen molar-refractivity contribution in [1.29, 1.82) is 0 Å². The number of rotatable bonds is 6. The van der Waals surface area contributed by atoms with E-state index < -0.39 is 11.9 Å². The van der Waals surface area contributed by atoms with Crippen molar-refractivity contribution >= 4 is 17.5 Å². The van der Waals surface area contributed by atoms with Gasteiger partial charge in [0.05, 0.1) is 31.1 Å². The quantitative estimate of drug-likeness (QED) is 0.867. The maximum atomic E-state index is 13.9. The molecule has 7 heteroatoms. The Morgan fingerprint density at radius 1 is 1.36 bits per heavy atom. The maximum Gasteiger partial charge on any atom is 0.244 e. The molecule has 1 aromatic carbocycles. The van der Waals surface area contributed by atoms with E-state index >= 15 is 0 Å². The maximum absolute atomic E-state index is 13.9. The number of hydrogen-bond donors (Lipinski definition) is 1. The van der Waals surface area contributed by atoms with Crippen LogP contribution in [0.4, 0.5) is 10.1 Å². The lowest BCUT2D eigenvalue weighted by Crippen LogP contribution is -2.44. The van der Waals surface area contributed by atoms with E-state index in [9.17, 15) is 14.0 Å². The van der Waals surface area contributed by atoms with E-state index in [1.54, 1.807) is 48.5 Å². The molecule has 1 aromatic heterocycles. The third-order valence-corrected chi connectivity index (χ3v) is 4.29. The fourth-order valence-electron chi connectivity index (χ4n) is 2.98. The van der Waals surface area contributed by atoms with Crippen LogP contribution in [0.1, 0.15) is 12.2 Å². The number of carbonyl (C=O) groups is 2. The summed E-state index contributed by atoms with van der Waals surface area (Å²) >= 11 is 0. The Kier molecular flexibility index (Phi) is 5.14. The van der Waals surface area contributed by atoms with Crippen LogP contribution in [0, 0.1) is 5.82 Å². The van der Waals surface area contributed by atoms with Gasteiger partial charge in [0.2, 0.25) is 11.8 Å². The SMILES string of the molecule is CN(CC(=O)NCc1ccco1)C1CCN(c2ccccc2F)C1=O. The highest BCUT2D eigenvalue weighted by Gasteiger charge is 2.36. The minimum atomic E-state index is -0.436. The molecule has 0 spiro atoms. The lowest BCUT2D eigenvalue weighted by Gasteiger charge is -2.23. The number of amides is 2. The third-order valence-electron chi connectivity index (χ3n) is 4.29. The molecule has 2 amide bonds. The predicted octanol–water partition coefficient (Wildman–Crippen LogP) is 1.77. The van der Waals surface area contributed by atoms with Crippen LogP contribution in [-0.4, -0.2) is 42.9 Å². The number of anilines is 1. The molecule has 132 valence electrons. The Bertz CT molecular complexity index is 748. The second-order valence-corrected chi connectivity index (χ2v) is 6.02. The number of para-hydroxylation sites is 1. The second kappa shape index (κ2) is 7.48. The van der Waals surface area contributed by atoms with E-state index in [1.807, 2.05) is 0 Å². The Hall–Kier alpha value is -2.67. The number of nitrogens with zero attached hydrogens (tertiary/aromatic N) is 2. The van der Waals surface area contributed by atoms with Crippen LogP contribution in [0.5, 0.6) is 0 Å². The van der Waals surface area contributed by atoms with E-state index in [0.717, 1.165) is 0 Å². The van der Waals surface area contributed by atoms with E-state index in [-0.39, 0.29) is 24.0 Å². The van der Waals surface area contributed by atoms with Gasteiger partial charge in [-0.25, -0.2) is 4.39 Å². The number of benzene rings is 1. The summed E-state index contributed by atoms with van der Waals surface area (Å²) in [6.07, 6.45) is 2.09. The summed E-state index contributed by atoms with van der Waals surface area (Å²) in [6.45, 7) is 0.824. The van der Waals surface area contributed by atoms with Crippen molar-refractivity contribution in [3.05, 3.63) is 54.2 Å². The number of carbonyl (C=O) groups excluding carboxylic acids is 2. The van der Waals surface area contributed by atoms with E-state index in [1.165, 1.54) is 11.0 Å². The average molecular weight is 345 g/mol. The zero-order valence-corrected chi connectivity index (χ0v) is 13.9. The number of furan rings is 1. The molecule has 1 aliphatic rings. The first-order chi connectivity index (χ1) is 12.1. The van der Waals surface area contributed by atoms with Crippen LogP contribution < -0.4 is 10.2 Å². The molecular formula is C18H20FN3O3. The van der Waals surface area contributed by atoms with Crippen LogP contribution in [0.15, 0.2) is 47.1 Å². The van der Waals surface area contributed by atoms with Gasteiger partial charge in [0, 0.05) is 6.54 Å². The van der Waals surface area contributed by atoms with Gasteiger partial charge >= 0.3 is 0 Å². The van der Waals surface area contributed by atoms with Gasteiger partial charge in [0.15, 0.2) is 0 Å². The first-order valence-electron chi connectivity index (χ1n) is 8.11. The van der Waals surface area contributed by atoms with Crippen molar-refractivity contribution < 1.29 is 18.4 Å². The summed E-state index contributed by atoms with van der Waals surface area (Å²) in [5, 5.41) is 2.75. The van der Waals surface area contributed by atoms with Crippen LogP contribution in [0.3, 0.4) is 0 Å². The molecular weight excluding hydrogens is 325 g/mol. The molecule has 0 bridgehead atoms.